The van der Waals surface area contributed by atoms with Gasteiger partial charge < -0.3 is 10.4 Å². The fourth-order valence-electron chi connectivity index (χ4n) is 0.750. The number of amides is 3. The molecular weight excluding hydrogens is 186 g/mol. The van der Waals surface area contributed by atoms with Crippen LogP contribution in [0.2, 0.25) is 0 Å². The Kier molecular flexibility index (Phi) is 5.82. The summed E-state index contributed by atoms with van der Waals surface area (Å²) in [6.07, 6.45) is 0. The summed E-state index contributed by atoms with van der Waals surface area (Å²) in [6.45, 7) is 1.84. The number of nitrogens with one attached hydrogen (secondary N) is 2. The molecule has 0 spiro atoms. The molecular formula is C8H17N3O3. The first kappa shape index (κ1) is 12.9. The Hall–Kier alpha value is -1.14. The Morgan fingerprint density at radius 3 is 2.50 bits per heavy atom. The van der Waals surface area contributed by atoms with Gasteiger partial charge in [-0.05, 0) is 14.0 Å². The van der Waals surface area contributed by atoms with Gasteiger partial charge in [-0.1, -0.05) is 0 Å². The zero-order valence-electron chi connectivity index (χ0n) is 8.70. The van der Waals surface area contributed by atoms with Crippen molar-refractivity contribution < 1.29 is 14.7 Å². The summed E-state index contributed by atoms with van der Waals surface area (Å²) < 4.78 is 0. The fraction of sp³-hybridized carbons (Fsp3) is 0.750. The monoisotopic (exact) mass is 203 g/mol. The first-order valence-electron chi connectivity index (χ1n) is 4.34. The average molecular weight is 203 g/mol. The van der Waals surface area contributed by atoms with Gasteiger partial charge in [-0.15, -0.1) is 0 Å². The summed E-state index contributed by atoms with van der Waals surface area (Å²) in [7, 11) is 3.13. The number of hydrogen-bond donors (Lipinski definition) is 3. The van der Waals surface area contributed by atoms with Gasteiger partial charge in [-0.2, -0.15) is 0 Å². The molecule has 0 aromatic heterocycles. The van der Waals surface area contributed by atoms with Gasteiger partial charge in [-0.25, -0.2) is 4.79 Å². The van der Waals surface area contributed by atoms with Gasteiger partial charge in [0.15, 0.2) is 0 Å². The molecule has 1 unspecified atom stereocenters. The van der Waals surface area contributed by atoms with Crippen LogP contribution in [0.1, 0.15) is 6.92 Å². The van der Waals surface area contributed by atoms with Gasteiger partial charge >= 0.3 is 6.03 Å². The van der Waals surface area contributed by atoms with E-state index in [9.17, 15) is 9.59 Å². The SMILES string of the molecule is CNC(=O)NC(=O)CN(C)C(C)CO. The molecule has 0 aromatic rings. The number of likely N-dealkylation sites (N-methyl/N-ethyl adjacent to an activating group) is 1. The highest BCUT2D eigenvalue weighted by Gasteiger charge is 2.13. The molecule has 1 atom stereocenters. The van der Waals surface area contributed by atoms with E-state index in [4.69, 9.17) is 5.11 Å². The Morgan fingerprint density at radius 1 is 1.50 bits per heavy atom. The summed E-state index contributed by atoms with van der Waals surface area (Å²) in [5.74, 6) is -0.396. The molecule has 0 bridgehead atoms. The molecule has 0 rings (SSSR count). The molecule has 0 radical (unpaired) electrons. The molecule has 82 valence electrons. The third kappa shape index (κ3) is 4.78. The maximum atomic E-state index is 11.1. The first-order chi connectivity index (χ1) is 6.51. The number of carbonyl (C=O) groups excluding carboxylic acids is 2. The van der Waals surface area contributed by atoms with E-state index in [1.54, 1.807) is 18.9 Å². The van der Waals surface area contributed by atoms with Crippen LogP contribution >= 0.6 is 0 Å². The number of rotatable bonds is 4. The van der Waals surface area contributed by atoms with Gasteiger partial charge in [0, 0.05) is 13.1 Å². The third-order valence-corrected chi connectivity index (χ3v) is 1.89. The van der Waals surface area contributed by atoms with Crippen molar-refractivity contribution in [3.05, 3.63) is 0 Å². The lowest BCUT2D eigenvalue weighted by atomic mass is 10.3. The van der Waals surface area contributed by atoms with Crippen molar-refractivity contribution >= 4 is 11.9 Å². The van der Waals surface area contributed by atoms with Gasteiger partial charge in [-0.3, -0.25) is 15.0 Å². The highest BCUT2D eigenvalue weighted by atomic mass is 16.3. The zero-order chi connectivity index (χ0) is 11.1. The van der Waals surface area contributed by atoms with E-state index >= 15 is 0 Å². The molecule has 3 amide bonds. The fourth-order valence-corrected chi connectivity index (χ4v) is 0.750. The van der Waals surface area contributed by atoms with Crippen LogP contribution in [-0.4, -0.2) is 55.2 Å². The van der Waals surface area contributed by atoms with E-state index in [-0.39, 0.29) is 19.2 Å². The van der Waals surface area contributed by atoms with Gasteiger partial charge in [0.05, 0.1) is 13.2 Å². The smallest absolute Gasteiger partial charge is 0.321 e. The maximum Gasteiger partial charge on any atom is 0.321 e. The van der Waals surface area contributed by atoms with E-state index in [2.05, 4.69) is 10.6 Å². The minimum Gasteiger partial charge on any atom is -0.395 e. The molecule has 0 heterocycles. The number of aliphatic hydroxyl groups is 1. The van der Waals surface area contributed by atoms with Gasteiger partial charge in [0.2, 0.25) is 5.91 Å². The second-order valence-electron chi connectivity index (χ2n) is 3.07. The standard InChI is InChI=1S/C8H17N3O3/c1-6(5-12)11(3)4-7(13)10-8(14)9-2/h6,12H,4-5H2,1-3H3,(H2,9,10,13,14). The molecule has 0 aromatic carbocycles. The predicted octanol–water partition coefficient (Wildman–Crippen LogP) is -1.25. The summed E-state index contributed by atoms with van der Waals surface area (Å²) >= 11 is 0. The largest absolute Gasteiger partial charge is 0.395 e. The summed E-state index contributed by atoms with van der Waals surface area (Å²) in [5.41, 5.74) is 0. The molecule has 3 N–H and O–H groups in total. The van der Waals surface area contributed by atoms with Crippen LogP contribution in [0, 0.1) is 0 Å². The predicted molar refractivity (Wildman–Crippen MR) is 51.8 cm³/mol. The van der Waals surface area contributed by atoms with Gasteiger partial charge in [0.25, 0.3) is 0 Å². The van der Waals surface area contributed by atoms with Crippen LogP contribution in [0.15, 0.2) is 0 Å². The van der Waals surface area contributed by atoms with Crippen LogP contribution < -0.4 is 10.6 Å². The summed E-state index contributed by atoms with van der Waals surface area (Å²) in [4.78, 5) is 23.5. The van der Waals surface area contributed by atoms with Crippen molar-refractivity contribution in [2.45, 2.75) is 13.0 Å². The Balaban J connectivity index is 3.88. The molecule has 6 nitrogen and oxygen atoms in total. The number of urea groups is 1. The van der Waals surface area contributed by atoms with Crippen molar-refractivity contribution in [2.75, 3.05) is 27.2 Å². The highest BCUT2D eigenvalue weighted by molar-refractivity contribution is 5.95. The van der Waals surface area contributed by atoms with Crippen molar-refractivity contribution in [1.82, 2.24) is 15.5 Å². The molecule has 14 heavy (non-hydrogen) atoms. The zero-order valence-corrected chi connectivity index (χ0v) is 8.70. The second kappa shape index (κ2) is 6.33. The van der Waals surface area contributed by atoms with E-state index in [1.165, 1.54) is 7.05 Å². The van der Waals surface area contributed by atoms with Crippen molar-refractivity contribution in [3.8, 4) is 0 Å². The Labute approximate surface area is 83.3 Å². The first-order valence-corrected chi connectivity index (χ1v) is 4.34. The van der Waals surface area contributed by atoms with Crippen LogP contribution in [0.4, 0.5) is 4.79 Å². The number of carbonyl (C=O) groups is 2. The average Bonchev–Trinajstić information content (AvgIpc) is 2.15. The molecule has 0 aliphatic rings. The quantitative estimate of drug-likeness (QED) is 0.533. The maximum absolute atomic E-state index is 11.1. The van der Waals surface area contributed by atoms with E-state index in [1.807, 2.05) is 0 Å². The number of imide groups is 1. The minimum absolute atomic E-state index is 0.0241. The summed E-state index contributed by atoms with van der Waals surface area (Å²) in [6, 6.07) is -0.634. The molecule has 0 aliphatic heterocycles. The summed E-state index contributed by atoms with van der Waals surface area (Å²) in [5, 5.41) is 13.2. The van der Waals surface area contributed by atoms with Gasteiger partial charge in [0.1, 0.15) is 0 Å². The van der Waals surface area contributed by atoms with E-state index in [0.29, 0.717) is 0 Å². The lowest BCUT2D eigenvalue weighted by Gasteiger charge is -2.21. The highest BCUT2D eigenvalue weighted by Crippen LogP contribution is 1.92. The lowest BCUT2D eigenvalue weighted by molar-refractivity contribution is -0.121. The van der Waals surface area contributed by atoms with E-state index < -0.39 is 11.9 Å². The van der Waals surface area contributed by atoms with Crippen LogP contribution in [-0.2, 0) is 4.79 Å². The normalized spacial score (nSPS) is 12.4. The molecule has 6 heteroatoms. The minimum atomic E-state index is -0.528. The van der Waals surface area contributed by atoms with E-state index in [0.717, 1.165) is 0 Å². The van der Waals surface area contributed by atoms with Crippen molar-refractivity contribution in [3.63, 3.8) is 0 Å². The van der Waals surface area contributed by atoms with Crippen molar-refractivity contribution in [1.29, 1.82) is 0 Å². The number of hydrogen-bond acceptors (Lipinski definition) is 4. The van der Waals surface area contributed by atoms with Crippen LogP contribution in [0.25, 0.3) is 0 Å². The topological polar surface area (TPSA) is 81.7 Å². The number of nitrogens with zero attached hydrogens (tertiary/aromatic N) is 1. The third-order valence-electron chi connectivity index (χ3n) is 1.89. The number of aliphatic hydroxyl groups excluding tert-OH is 1. The molecule has 0 saturated carbocycles. The van der Waals surface area contributed by atoms with Crippen LogP contribution in [0.5, 0.6) is 0 Å². The second-order valence-corrected chi connectivity index (χ2v) is 3.07. The lowest BCUT2D eigenvalue weighted by Crippen LogP contribution is -2.45. The molecule has 0 saturated heterocycles. The van der Waals surface area contributed by atoms with Crippen molar-refractivity contribution in [2.24, 2.45) is 0 Å². The Bertz CT molecular complexity index is 208. The Morgan fingerprint density at radius 2 is 2.07 bits per heavy atom. The van der Waals surface area contributed by atoms with Crippen LogP contribution in [0.3, 0.4) is 0 Å². The molecule has 0 aliphatic carbocycles. The molecule has 0 fully saturated rings.